The van der Waals surface area contributed by atoms with Crippen LogP contribution in [0.15, 0.2) is 54.6 Å². The molecule has 22 heavy (non-hydrogen) atoms. The zero-order chi connectivity index (χ0) is 15.6. The summed E-state index contributed by atoms with van der Waals surface area (Å²) in [6, 6.07) is 18.3. The Balaban J connectivity index is 1.80. The number of unbranched alkanes of at least 4 members (excludes halogenated alkanes) is 3. The van der Waals surface area contributed by atoms with Crippen molar-refractivity contribution in [1.29, 1.82) is 0 Å². The minimum atomic E-state index is -0.135. The largest absolute Gasteiger partial charge is 0.465 e. The quantitative estimate of drug-likeness (QED) is 0.505. The normalized spacial score (nSPS) is 10.4. The van der Waals surface area contributed by atoms with Gasteiger partial charge in [0.05, 0.1) is 13.0 Å². The van der Waals surface area contributed by atoms with Crippen LogP contribution in [0, 0.1) is 0 Å². The predicted molar refractivity (Wildman–Crippen MR) is 90.7 cm³/mol. The van der Waals surface area contributed by atoms with Gasteiger partial charge in [0.15, 0.2) is 0 Å². The predicted octanol–water partition coefficient (Wildman–Crippen LogP) is 5.02. The van der Waals surface area contributed by atoms with Gasteiger partial charge in [-0.15, -0.1) is 0 Å². The molecule has 0 radical (unpaired) electrons. The van der Waals surface area contributed by atoms with E-state index in [1.807, 2.05) is 30.3 Å². The second-order valence-corrected chi connectivity index (χ2v) is 5.52. The Bertz CT molecular complexity index is 558. The van der Waals surface area contributed by atoms with Crippen LogP contribution >= 0.6 is 0 Å². The molecule has 2 aromatic carbocycles. The van der Waals surface area contributed by atoms with Crippen molar-refractivity contribution in [2.24, 2.45) is 0 Å². The van der Waals surface area contributed by atoms with Gasteiger partial charge in [-0.2, -0.15) is 0 Å². The Morgan fingerprint density at radius 3 is 2.23 bits per heavy atom. The van der Waals surface area contributed by atoms with E-state index in [9.17, 15) is 4.79 Å². The van der Waals surface area contributed by atoms with Gasteiger partial charge in [-0.05, 0) is 23.1 Å². The number of rotatable bonds is 8. The lowest BCUT2D eigenvalue weighted by Crippen LogP contribution is -2.09. The number of carbonyl (C=O) groups is 1. The van der Waals surface area contributed by atoms with Crippen molar-refractivity contribution in [3.8, 4) is 11.1 Å². The highest BCUT2D eigenvalue weighted by Gasteiger charge is 2.05. The summed E-state index contributed by atoms with van der Waals surface area (Å²) in [5.74, 6) is -0.135. The standard InChI is InChI=1S/C20H24O2/c1-2-3-4-8-15-22-20(21)16-17-11-13-19(14-12-17)18-9-6-5-7-10-18/h5-7,9-14H,2-4,8,15-16H2,1H3. The summed E-state index contributed by atoms with van der Waals surface area (Å²) >= 11 is 0. The summed E-state index contributed by atoms with van der Waals surface area (Å²) in [6.45, 7) is 2.71. The van der Waals surface area contributed by atoms with E-state index in [4.69, 9.17) is 4.74 Å². The van der Waals surface area contributed by atoms with Crippen molar-refractivity contribution in [3.63, 3.8) is 0 Å². The van der Waals surface area contributed by atoms with E-state index in [0.717, 1.165) is 24.0 Å². The molecule has 0 aromatic heterocycles. The highest BCUT2D eigenvalue weighted by Crippen LogP contribution is 2.19. The number of esters is 1. The van der Waals surface area contributed by atoms with Gasteiger partial charge in [0, 0.05) is 0 Å². The first-order valence-electron chi connectivity index (χ1n) is 8.09. The highest BCUT2D eigenvalue weighted by molar-refractivity contribution is 5.73. The maximum atomic E-state index is 11.8. The smallest absolute Gasteiger partial charge is 0.310 e. The molecule has 0 spiro atoms. The fourth-order valence-electron chi connectivity index (χ4n) is 2.38. The lowest BCUT2D eigenvalue weighted by molar-refractivity contribution is -0.142. The molecular formula is C20H24O2. The number of ether oxygens (including phenoxy) is 1. The molecule has 0 saturated carbocycles. The van der Waals surface area contributed by atoms with Gasteiger partial charge in [0.1, 0.15) is 0 Å². The molecule has 2 rings (SSSR count). The van der Waals surface area contributed by atoms with Crippen LogP contribution in [0.3, 0.4) is 0 Å². The average molecular weight is 296 g/mol. The molecule has 0 unspecified atom stereocenters. The second kappa shape index (κ2) is 9.04. The Morgan fingerprint density at radius 1 is 0.864 bits per heavy atom. The van der Waals surface area contributed by atoms with Gasteiger partial charge in [0.2, 0.25) is 0 Å². The minimum absolute atomic E-state index is 0.135. The van der Waals surface area contributed by atoms with E-state index >= 15 is 0 Å². The van der Waals surface area contributed by atoms with Crippen LogP contribution in [0.1, 0.15) is 38.2 Å². The third-order valence-electron chi connectivity index (χ3n) is 3.67. The Hall–Kier alpha value is -2.09. The monoisotopic (exact) mass is 296 g/mol. The van der Waals surface area contributed by atoms with Gasteiger partial charge >= 0.3 is 5.97 Å². The van der Waals surface area contributed by atoms with Crippen LogP contribution in [-0.4, -0.2) is 12.6 Å². The molecule has 0 bridgehead atoms. The first kappa shape index (κ1) is 16.3. The van der Waals surface area contributed by atoms with Crippen molar-refractivity contribution in [3.05, 3.63) is 60.2 Å². The minimum Gasteiger partial charge on any atom is -0.465 e. The summed E-state index contributed by atoms with van der Waals surface area (Å²) in [7, 11) is 0. The molecule has 0 atom stereocenters. The Morgan fingerprint density at radius 2 is 1.55 bits per heavy atom. The van der Waals surface area contributed by atoms with Crippen molar-refractivity contribution in [2.45, 2.75) is 39.0 Å². The maximum absolute atomic E-state index is 11.8. The molecule has 0 heterocycles. The van der Waals surface area contributed by atoms with Gasteiger partial charge < -0.3 is 4.74 Å². The van der Waals surface area contributed by atoms with Gasteiger partial charge in [-0.3, -0.25) is 4.79 Å². The van der Waals surface area contributed by atoms with Crippen molar-refractivity contribution in [1.82, 2.24) is 0 Å². The van der Waals surface area contributed by atoms with Gasteiger partial charge in [0.25, 0.3) is 0 Å². The Kier molecular flexibility index (Phi) is 6.69. The van der Waals surface area contributed by atoms with E-state index in [-0.39, 0.29) is 5.97 Å². The molecule has 116 valence electrons. The summed E-state index contributed by atoms with van der Waals surface area (Å²) in [4.78, 5) is 11.8. The number of benzene rings is 2. The molecular weight excluding hydrogens is 272 g/mol. The molecule has 2 aromatic rings. The first-order valence-corrected chi connectivity index (χ1v) is 8.09. The molecule has 0 saturated heterocycles. The highest BCUT2D eigenvalue weighted by atomic mass is 16.5. The molecule has 0 aliphatic heterocycles. The summed E-state index contributed by atoms with van der Waals surface area (Å²) in [5, 5.41) is 0. The molecule has 0 amide bonds. The van der Waals surface area contributed by atoms with E-state index in [0.29, 0.717) is 13.0 Å². The molecule has 0 fully saturated rings. The number of hydrogen-bond acceptors (Lipinski definition) is 2. The third kappa shape index (κ3) is 5.36. The van der Waals surface area contributed by atoms with Crippen LogP contribution in [0.2, 0.25) is 0 Å². The summed E-state index contributed by atoms with van der Waals surface area (Å²) < 4.78 is 5.27. The van der Waals surface area contributed by atoms with Crippen molar-refractivity contribution < 1.29 is 9.53 Å². The molecule has 0 N–H and O–H groups in total. The van der Waals surface area contributed by atoms with Crippen LogP contribution in [0.4, 0.5) is 0 Å². The third-order valence-corrected chi connectivity index (χ3v) is 3.67. The van der Waals surface area contributed by atoms with Crippen LogP contribution in [0.25, 0.3) is 11.1 Å². The number of carbonyl (C=O) groups excluding carboxylic acids is 1. The second-order valence-electron chi connectivity index (χ2n) is 5.52. The van der Waals surface area contributed by atoms with Crippen LogP contribution < -0.4 is 0 Å². The van der Waals surface area contributed by atoms with Crippen molar-refractivity contribution in [2.75, 3.05) is 6.61 Å². The molecule has 0 aliphatic rings. The van der Waals surface area contributed by atoms with E-state index in [1.165, 1.54) is 18.4 Å². The molecule has 2 nitrogen and oxygen atoms in total. The first-order chi connectivity index (χ1) is 10.8. The van der Waals surface area contributed by atoms with Crippen LogP contribution in [-0.2, 0) is 16.0 Å². The lowest BCUT2D eigenvalue weighted by atomic mass is 10.0. The summed E-state index contributed by atoms with van der Waals surface area (Å²) in [6.07, 6.45) is 4.85. The van der Waals surface area contributed by atoms with E-state index < -0.39 is 0 Å². The fourth-order valence-corrected chi connectivity index (χ4v) is 2.38. The number of hydrogen-bond donors (Lipinski definition) is 0. The molecule has 0 aliphatic carbocycles. The SMILES string of the molecule is CCCCCCOC(=O)Cc1ccc(-c2ccccc2)cc1. The molecule has 2 heteroatoms. The van der Waals surface area contributed by atoms with Crippen molar-refractivity contribution >= 4 is 5.97 Å². The maximum Gasteiger partial charge on any atom is 0.310 e. The van der Waals surface area contributed by atoms with Crippen LogP contribution in [0.5, 0.6) is 0 Å². The summed E-state index contributed by atoms with van der Waals surface area (Å²) in [5.41, 5.74) is 3.35. The Labute approximate surface area is 133 Å². The average Bonchev–Trinajstić information content (AvgIpc) is 2.56. The zero-order valence-corrected chi connectivity index (χ0v) is 13.3. The zero-order valence-electron chi connectivity index (χ0n) is 13.3. The van der Waals surface area contributed by atoms with Gasteiger partial charge in [-0.1, -0.05) is 80.8 Å². The topological polar surface area (TPSA) is 26.3 Å². The van der Waals surface area contributed by atoms with Gasteiger partial charge in [-0.25, -0.2) is 0 Å². The lowest BCUT2D eigenvalue weighted by Gasteiger charge is -2.06. The fraction of sp³-hybridized carbons (Fsp3) is 0.350. The van der Waals surface area contributed by atoms with E-state index in [2.05, 4.69) is 31.2 Å². The van der Waals surface area contributed by atoms with E-state index in [1.54, 1.807) is 0 Å².